The molecule has 0 aliphatic carbocycles. The van der Waals surface area contributed by atoms with Crippen LogP contribution in [0.25, 0.3) is 0 Å². The highest BCUT2D eigenvalue weighted by atomic mass is 35.5. The maximum Gasteiger partial charge on any atom is 0.261 e. The van der Waals surface area contributed by atoms with Crippen LogP contribution in [0.2, 0.25) is 0 Å². The Morgan fingerprint density at radius 3 is 3.12 bits per heavy atom. The first-order chi connectivity index (χ1) is 8.24. The van der Waals surface area contributed by atoms with Gasteiger partial charge in [-0.05, 0) is 30.2 Å². The lowest BCUT2D eigenvalue weighted by molar-refractivity contribution is 0.0944. The second-order valence-corrected chi connectivity index (χ2v) is 6.65. The molecule has 17 heavy (non-hydrogen) atoms. The summed E-state index contributed by atoms with van der Waals surface area (Å²) in [6.45, 7) is 2.03. The van der Waals surface area contributed by atoms with E-state index in [1.54, 1.807) is 11.3 Å². The largest absolute Gasteiger partial charge is 0.347 e. The van der Waals surface area contributed by atoms with Crippen molar-refractivity contribution < 1.29 is 4.79 Å². The number of nitrogens with one attached hydrogen (secondary N) is 1. The molecule has 1 aromatic heterocycles. The van der Waals surface area contributed by atoms with Gasteiger partial charge in [0.25, 0.3) is 5.91 Å². The molecule has 0 saturated carbocycles. The third kappa shape index (κ3) is 3.18. The van der Waals surface area contributed by atoms with E-state index in [-0.39, 0.29) is 11.9 Å². The standard InChI is InChI=1S/C12H16ClNOS2/c1-2-9(6-13)14-12(15)11-5-8-7-16-4-3-10(8)17-11/h5,9H,2-4,6-7H2,1H3,(H,14,15). The number of hydrogen-bond acceptors (Lipinski definition) is 3. The topological polar surface area (TPSA) is 29.1 Å². The molecule has 0 saturated heterocycles. The van der Waals surface area contributed by atoms with Crippen LogP contribution in [0.5, 0.6) is 0 Å². The quantitative estimate of drug-likeness (QED) is 0.862. The summed E-state index contributed by atoms with van der Waals surface area (Å²) in [5.41, 5.74) is 1.34. The van der Waals surface area contributed by atoms with Gasteiger partial charge in [0, 0.05) is 22.6 Å². The fourth-order valence-electron chi connectivity index (χ4n) is 1.77. The molecule has 0 fully saturated rings. The van der Waals surface area contributed by atoms with E-state index >= 15 is 0 Å². The van der Waals surface area contributed by atoms with E-state index in [2.05, 4.69) is 5.32 Å². The van der Waals surface area contributed by atoms with Crippen molar-refractivity contribution in [1.29, 1.82) is 0 Å². The Balaban J connectivity index is 2.06. The lowest BCUT2D eigenvalue weighted by Crippen LogP contribution is -2.35. The van der Waals surface area contributed by atoms with Crippen LogP contribution in [0, 0.1) is 0 Å². The summed E-state index contributed by atoms with van der Waals surface area (Å²) >= 11 is 9.36. The highest BCUT2D eigenvalue weighted by Crippen LogP contribution is 2.31. The minimum absolute atomic E-state index is 0.0295. The minimum atomic E-state index is 0.0295. The van der Waals surface area contributed by atoms with Crippen LogP contribution in [0.1, 0.15) is 33.5 Å². The highest BCUT2D eigenvalue weighted by molar-refractivity contribution is 7.98. The smallest absolute Gasteiger partial charge is 0.261 e. The van der Waals surface area contributed by atoms with Crippen LogP contribution in [-0.2, 0) is 12.2 Å². The van der Waals surface area contributed by atoms with Crippen LogP contribution in [0.4, 0.5) is 0 Å². The van der Waals surface area contributed by atoms with Gasteiger partial charge in [0.05, 0.1) is 4.88 Å². The molecule has 5 heteroatoms. The van der Waals surface area contributed by atoms with Crippen molar-refractivity contribution >= 4 is 40.6 Å². The SMILES string of the molecule is CCC(CCl)NC(=O)c1cc2c(s1)CCSC2. The molecular weight excluding hydrogens is 274 g/mol. The Morgan fingerprint density at radius 2 is 2.47 bits per heavy atom. The molecule has 2 rings (SSSR count). The summed E-state index contributed by atoms with van der Waals surface area (Å²) < 4.78 is 0. The normalized spacial score (nSPS) is 16.4. The maximum absolute atomic E-state index is 12.0. The summed E-state index contributed by atoms with van der Waals surface area (Å²) in [5, 5.41) is 2.97. The zero-order chi connectivity index (χ0) is 12.3. The number of carbonyl (C=O) groups excluding carboxylic acids is 1. The number of hydrogen-bond donors (Lipinski definition) is 1. The number of aryl methyl sites for hydroxylation is 1. The Labute approximate surface area is 115 Å². The Hall–Kier alpha value is -0.190. The Kier molecular flexibility index (Phi) is 4.77. The van der Waals surface area contributed by atoms with Crippen molar-refractivity contribution in [3.05, 3.63) is 21.4 Å². The summed E-state index contributed by atoms with van der Waals surface area (Å²) in [5.74, 6) is 2.73. The van der Waals surface area contributed by atoms with Gasteiger partial charge in [0.15, 0.2) is 0 Å². The number of thioether (sulfide) groups is 1. The van der Waals surface area contributed by atoms with Gasteiger partial charge in [-0.3, -0.25) is 4.79 Å². The van der Waals surface area contributed by atoms with Crippen molar-refractivity contribution in [3.8, 4) is 0 Å². The highest BCUT2D eigenvalue weighted by Gasteiger charge is 2.18. The lowest BCUT2D eigenvalue weighted by Gasteiger charge is -2.12. The molecule has 1 aliphatic heterocycles. The molecule has 1 unspecified atom stereocenters. The van der Waals surface area contributed by atoms with Gasteiger partial charge in [-0.2, -0.15) is 11.8 Å². The van der Waals surface area contributed by atoms with Crippen LogP contribution in [0.3, 0.4) is 0 Å². The molecule has 1 aromatic rings. The molecule has 1 N–H and O–H groups in total. The lowest BCUT2D eigenvalue weighted by atomic mass is 10.2. The second kappa shape index (κ2) is 6.12. The molecule has 1 atom stereocenters. The third-order valence-corrected chi connectivity index (χ3v) is 5.48. The summed E-state index contributed by atoms with van der Waals surface area (Å²) in [4.78, 5) is 14.2. The molecule has 0 spiro atoms. The summed E-state index contributed by atoms with van der Waals surface area (Å²) in [7, 11) is 0. The van der Waals surface area contributed by atoms with Crippen molar-refractivity contribution in [3.63, 3.8) is 0 Å². The first kappa shape index (κ1) is 13.2. The molecule has 94 valence electrons. The van der Waals surface area contributed by atoms with E-state index in [0.717, 1.165) is 23.5 Å². The molecule has 0 aromatic carbocycles. The van der Waals surface area contributed by atoms with Crippen molar-refractivity contribution in [2.24, 2.45) is 0 Å². The molecule has 0 bridgehead atoms. The van der Waals surface area contributed by atoms with E-state index < -0.39 is 0 Å². The zero-order valence-electron chi connectivity index (χ0n) is 9.79. The monoisotopic (exact) mass is 289 g/mol. The number of carbonyl (C=O) groups is 1. The average Bonchev–Trinajstić information content (AvgIpc) is 2.79. The van der Waals surface area contributed by atoms with Gasteiger partial charge in [-0.25, -0.2) is 0 Å². The van der Waals surface area contributed by atoms with Gasteiger partial charge in [-0.15, -0.1) is 22.9 Å². The zero-order valence-corrected chi connectivity index (χ0v) is 12.2. The first-order valence-electron chi connectivity index (χ1n) is 5.80. The van der Waals surface area contributed by atoms with Crippen molar-refractivity contribution in [2.45, 2.75) is 31.6 Å². The predicted molar refractivity (Wildman–Crippen MR) is 76.5 cm³/mol. The second-order valence-electron chi connectivity index (χ2n) is 4.09. The maximum atomic E-state index is 12.0. The number of thiophene rings is 1. The van der Waals surface area contributed by atoms with Crippen LogP contribution in [0.15, 0.2) is 6.07 Å². The van der Waals surface area contributed by atoms with E-state index in [0.29, 0.717) is 5.88 Å². The van der Waals surface area contributed by atoms with Crippen molar-refractivity contribution in [1.82, 2.24) is 5.32 Å². The number of amides is 1. The first-order valence-corrected chi connectivity index (χ1v) is 8.31. The van der Waals surface area contributed by atoms with Crippen molar-refractivity contribution in [2.75, 3.05) is 11.6 Å². The van der Waals surface area contributed by atoms with Crippen LogP contribution < -0.4 is 5.32 Å². The van der Waals surface area contributed by atoms with Gasteiger partial charge in [0.2, 0.25) is 0 Å². The Bertz CT molecular complexity index is 378. The fourth-order valence-corrected chi connectivity index (χ4v) is 4.34. The molecule has 2 heterocycles. The van der Waals surface area contributed by atoms with E-state index in [9.17, 15) is 4.79 Å². The molecular formula is C12H16ClNOS2. The molecule has 2 nitrogen and oxygen atoms in total. The Morgan fingerprint density at radius 1 is 1.65 bits per heavy atom. The van der Waals surface area contributed by atoms with Gasteiger partial charge in [-0.1, -0.05) is 6.92 Å². The molecule has 0 radical (unpaired) electrons. The van der Waals surface area contributed by atoms with Gasteiger partial charge in [0.1, 0.15) is 0 Å². The van der Waals surface area contributed by atoms with E-state index in [1.807, 2.05) is 24.8 Å². The van der Waals surface area contributed by atoms with Crippen LogP contribution >= 0.6 is 34.7 Å². The number of halogens is 1. The summed E-state index contributed by atoms with van der Waals surface area (Å²) in [6, 6.07) is 2.13. The molecule has 1 amide bonds. The average molecular weight is 290 g/mol. The fraction of sp³-hybridized carbons (Fsp3) is 0.583. The van der Waals surface area contributed by atoms with Crippen LogP contribution in [-0.4, -0.2) is 23.6 Å². The third-order valence-electron chi connectivity index (χ3n) is 2.87. The molecule has 1 aliphatic rings. The number of alkyl halides is 1. The number of rotatable bonds is 4. The predicted octanol–water partition coefficient (Wildman–Crippen LogP) is 3.28. The number of fused-ring (bicyclic) bond motifs is 1. The minimum Gasteiger partial charge on any atom is -0.347 e. The van der Waals surface area contributed by atoms with E-state index in [4.69, 9.17) is 11.6 Å². The van der Waals surface area contributed by atoms with Gasteiger partial charge < -0.3 is 5.32 Å². The summed E-state index contributed by atoms with van der Waals surface area (Å²) in [6.07, 6.45) is 1.97. The van der Waals surface area contributed by atoms with Gasteiger partial charge >= 0.3 is 0 Å². The van der Waals surface area contributed by atoms with E-state index in [1.165, 1.54) is 16.2 Å².